The van der Waals surface area contributed by atoms with Gasteiger partial charge in [-0.25, -0.2) is 4.79 Å². The Morgan fingerprint density at radius 2 is 1.76 bits per heavy atom. The fraction of sp³-hybridized carbons (Fsp3) is 0.364. The van der Waals surface area contributed by atoms with Crippen LogP contribution < -0.4 is 10.1 Å². The number of carbonyl (C=O) groups excluding carboxylic acids is 2. The van der Waals surface area contributed by atoms with Crippen molar-refractivity contribution in [2.45, 2.75) is 38.5 Å². The van der Waals surface area contributed by atoms with Crippen molar-refractivity contribution < 1.29 is 19.1 Å². The molecule has 2 amide bonds. The first-order chi connectivity index (χ1) is 14.0. The van der Waals surface area contributed by atoms with Crippen molar-refractivity contribution in [3.05, 3.63) is 65.2 Å². The van der Waals surface area contributed by atoms with Crippen molar-refractivity contribution in [1.29, 1.82) is 0 Å². The molecular formula is C22H25ClN2O4. The Kier molecular flexibility index (Phi) is 7.36. The van der Waals surface area contributed by atoms with E-state index in [1.54, 1.807) is 36.1 Å². The third-order valence-electron chi connectivity index (χ3n) is 4.82. The van der Waals surface area contributed by atoms with Gasteiger partial charge in [-0.15, -0.1) is 0 Å². The second kappa shape index (κ2) is 10.2. The molecule has 1 saturated heterocycles. The van der Waals surface area contributed by atoms with Crippen molar-refractivity contribution in [2.24, 2.45) is 0 Å². The fourth-order valence-electron chi connectivity index (χ4n) is 3.20. The van der Waals surface area contributed by atoms with Crippen LogP contribution in [-0.2, 0) is 16.1 Å². The third-order valence-corrected chi connectivity index (χ3v) is 5.07. The summed E-state index contributed by atoms with van der Waals surface area (Å²) in [5.41, 5.74) is 0.942. The summed E-state index contributed by atoms with van der Waals surface area (Å²) in [4.78, 5) is 26.4. The minimum Gasteiger partial charge on any atom is -0.481 e. The lowest BCUT2D eigenvalue weighted by Crippen LogP contribution is -2.49. The second-order valence-electron chi connectivity index (χ2n) is 7.02. The zero-order valence-electron chi connectivity index (χ0n) is 16.3. The number of likely N-dealkylation sites (tertiary alicyclic amines) is 1. The fourth-order valence-corrected chi connectivity index (χ4v) is 3.33. The molecule has 6 nitrogen and oxygen atoms in total. The number of amides is 2. The number of ether oxygens (including phenoxy) is 2. The summed E-state index contributed by atoms with van der Waals surface area (Å²) in [6.07, 6.45) is 0.342. The number of piperidine rings is 1. The zero-order chi connectivity index (χ0) is 20.6. The van der Waals surface area contributed by atoms with Crippen LogP contribution >= 0.6 is 11.6 Å². The van der Waals surface area contributed by atoms with Crippen LogP contribution in [0.15, 0.2) is 54.6 Å². The quantitative estimate of drug-likeness (QED) is 0.772. The maximum Gasteiger partial charge on any atom is 0.407 e. The van der Waals surface area contributed by atoms with Crippen LogP contribution in [0.5, 0.6) is 5.75 Å². The number of hydrogen-bond acceptors (Lipinski definition) is 4. The molecule has 0 radical (unpaired) electrons. The Balaban J connectivity index is 1.39. The molecule has 0 aliphatic carbocycles. The number of carbonyl (C=O) groups is 2. The van der Waals surface area contributed by atoms with Gasteiger partial charge in [-0.05, 0) is 49.6 Å². The van der Waals surface area contributed by atoms with Crippen molar-refractivity contribution in [1.82, 2.24) is 10.2 Å². The zero-order valence-corrected chi connectivity index (χ0v) is 17.1. The molecule has 0 spiro atoms. The lowest BCUT2D eigenvalue weighted by Gasteiger charge is -2.33. The number of benzene rings is 2. The van der Waals surface area contributed by atoms with Gasteiger partial charge in [-0.3, -0.25) is 4.79 Å². The smallest absolute Gasteiger partial charge is 0.407 e. The lowest BCUT2D eigenvalue weighted by atomic mass is 10.0. The van der Waals surface area contributed by atoms with Gasteiger partial charge in [0.1, 0.15) is 12.4 Å². The SMILES string of the molecule is CC(Oc1ccc(Cl)cc1)C(=O)N1CCC(NC(=O)OCc2ccccc2)CC1. The molecule has 2 aromatic carbocycles. The first kappa shape index (κ1) is 21.0. The summed E-state index contributed by atoms with van der Waals surface area (Å²) in [6, 6.07) is 16.5. The minimum absolute atomic E-state index is 0.00480. The van der Waals surface area contributed by atoms with E-state index in [1.165, 1.54) is 0 Å². The molecule has 0 bridgehead atoms. The van der Waals surface area contributed by atoms with E-state index in [1.807, 2.05) is 30.3 Å². The molecule has 154 valence electrons. The number of rotatable bonds is 6. The molecule has 2 aromatic rings. The maximum absolute atomic E-state index is 12.6. The highest BCUT2D eigenvalue weighted by Crippen LogP contribution is 2.18. The topological polar surface area (TPSA) is 67.9 Å². The second-order valence-corrected chi connectivity index (χ2v) is 7.46. The van der Waals surface area contributed by atoms with Gasteiger partial charge in [0.05, 0.1) is 0 Å². The molecule has 1 heterocycles. The predicted octanol–water partition coefficient (Wildman–Crippen LogP) is 4.02. The van der Waals surface area contributed by atoms with Crippen LogP contribution in [-0.4, -0.2) is 42.1 Å². The number of alkyl carbamates (subject to hydrolysis) is 1. The van der Waals surface area contributed by atoms with E-state index in [4.69, 9.17) is 21.1 Å². The monoisotopic (exact) mass is 416 g/mol. The van der Waals surface area contributed by atoms with Crippen LogP contribution in [0.3, 0.4) is 0 Å². The average molecular weight is 417 g/mol. The number of nitrogens with one attached hydrogen (secondary N) is 1. The summed E-state index contributed by atoms with van der Waals surface area (Å²) in [7, 11) is 0. The Morgan fingerprint density at radius 1 is 1.10 bits per heavy atom. The molecular weight excluding hydrogens is 392 g/mol. The van der Waals surface area contributed by atoms with Gasteiger partial charge in [-0.1, -0.05) is 41.9 Å². The lowest BCUT2D eigenvalue weighted by molar-refractivity contribution is -0.139. The highest BCUT2D eigenvalue weighted by atomic mass is 35.5. The van der Waals surface area contributed by atoms with Gasteiger partial charge in [0, 0.05) is 24.2 Å². The summed E-state index contributed by atoms with van der Waals surface area (Å²) in [5.74, 6) is 0.540. The van der Waals surface area contributed by atoms with Crippen LogP contribution in [0.25, 0.3) is 0 Å². The van der Waals surface area contributed by atoms with E-state index >= 15 is 0 Å². The molecule has 0 aromatic heterocycles. The normalized spacial score (nSPS) is 15.4. The summed E-state index contributed by atoms with van der Waals surface area (Å²) < 4.78 is 11.0. The Bertz CT molecular complexity index is 805. The van der Waals surface area contributed by atoms with Crippen LogP contribution in [0, 0.1) is 0 Å². The molecule has 1 aliphatic heterocycles. The Hall–Kier alpha value is -2.73. The van der Waals surface area contributed by atoms with E-state index < -0.39 is 12.2 Å². The molecule has 3 rings (SSSR count). The Morgan fingerprint density at radius 3 is 2.41 bits per heavy atom. The average Bonchev–Trinajstić information content (AvgIpc) is 2.74. The van der Waals surface area contributed by atoms with Gasteiger partial charge < -0.3 is 19.7 Å². The van der Waals surface area contributed by atoms with Gasteiger partial charge in [0.15, 0.2) is 6.10 Å². The van der Waals surface area contributed by atoms with Crippen molar-refractivity contribution in [2.75, 3.05) is 13.1 Å². The largest absolute Gasteiger partial charge is 0.481 e. The summed E-state index contributed by atoms with van der Waals surface area (Å²) in [6.45, 7) is 3.11. The summed E-state index contributed by atoms with van der Waals surface area (Å²) in [5, 5.41) is 3.50. The van der Waals surface area contributed by atoms with Gasteiger partial charge in [-0.2, -0.15) is 0 Å². The first-order valence-electron chi connectivity index (χ1n) is 9.69. The molecule has 29 heavy (non-hydrogen) atoms. The molecule has 1 fully saturated rings. The number of nitrogens with zero attached hydrogens (tertiary/aromatic N) is 1. The number of hydrogen-bond donors (Lipinski definition) is 1. The molecule has 1 unspecified atom stereocenters. The molecule has 1 atom stereocenters. The predicted molar refractivity (Wildman–Crippen MR) is 111 cm³/mol. The van der Waals surface area contributed by atoms with Crippen molar-refractivity contribution >= 4 is 23.6 Å². The van der Waals surface area contributed by atoms with Gasteiger partial charge in [0.2, 0.25) is 0 Å². The molecule has 1 aliphatic rings. The van der Waals surface area contributed by atoms with Crippen LogP contribution in [0.1, 0.15) is 25.3 Å². The van der Waals surface area contributed by atoms with Crippen molar-refractivity contribution in [3.63, 3.8) is 0 Å². The summed E-state index contributed by atoms with van der Waals surface area (Å²) >= 11 is 5.86. The van der Waals surface area contributed by atoms with Crippen molar-refractivity contribution in [3.8, 4) is 5.75 Å². The highest BCUT2D eigenvalue weighted by Gasteiger charge is 2.28. The van der Waals surface area contributed by atoms with Crippen LogP contribution in [0.2, 0.25) is 5.02 Å². The van der Waals surface area contributed by atoms with E-state index in [0.29, 0.717) is 36.7 Å². The first-order valence-corrected chi connectivity index (χ1v) is 10.1. The molecule has 1 N–H and O–H groups in total. The Labute approximate surface area is 175 Å². The highest BCUT2D eigenvalue weighted by molar-refractivity contribution is 6.30. The molecule has 7 heteroatoms. The third kappa shape index (κ3) is 6.39. The van der Waals surface area contributed by atoms with Crippen LogP contribution in [0.4, 0.5) is 4.79 Å². The molecule has 0 saturated carbocycles. The van der Waals surface area contributed by atoms with E-state index in [0.717, 1.165) is 5.56 Å². The van der Waals surface area contributed by atoms with Gasteiger partial charge >= 0.3 is 6.09 Å². The van der Waals surface area contributed by atoms with E-state index in [2.05, 4.69) is 5.32 Å². The van der Waals surface area contributed by atoms with E-state index in [-0.39, 0.29) is 18.6 Å². The standard InChI is InChI=1S/C22H25ClN2O4/c1-16(29-20-9-7-18(23)8-10-20)21(26)25-13-11-19(12-14-25)24-22(27)28-15-17-5-3-2-4-6-17/h2-10,16,19H,11-15H2,1H3,(H,24,27). The number of halogens is 1. The van der Waals surface area contributed by atoms with E-state index in [9.17, 15) is 9.59 Å². The minimum atomic E-state index is -0.587. The maximum atomic E-state index is 12.6. The van der Waals surface area contributed by atoms with Gasteiger partial charge in [0.25, 0.3) is 5.91 Å².